The Bertz CT molecular complexity index is 816. The lowest BCUT2D eigenvalue weighted by molar-refractivity contribution is -0.394. The molecule has 0 radical (unpaired) electrons. The van der Waals surface area contributed by atoms with Crippen LogP contribution in [0.1, 0.15) is 12.6 Å². The molecule has 3 rings (SSSR count). The second kappa shape index (κ2) is 5.64. The predicted octanol–water partition coefficient (Wildman–Crippen LogP) is 1.59. The van der Waals surface area contributed by atoms with E-state index in [1.165, 1.54) is 11.0 Å². The molecular weight excluding hydrogens is 286 g/mol. The van der Waals surface area contributed by atoms with Crippen molar-refractivity contribution in [1.82, 2.24) is 29.7 Å². The predicted molar refractivity (Wildman–Crippen MR) is 76.2 cm³/mol. The Morgan fingerprint density at radius 2 is 2.14 bits per heavy atom. The van der Waals surface area contributed by atoms with Crippen molar-refractivity contribution in [3.63, 3.8) is 0 Å². The van der Waals surface area contributed by atoms with Crippen LogP contribution in [-0.4, -0.2) is 34.6 Å². The number of nitro groups is 1. The minimum absolute atomic E-state index is 0.410. The van der Waals surface area contributed by atoms with Crippen LogP contribution in [0.4, 0.5) is 5.95 Å². The summed E-state index contributed by atoms with van der Waals surface area (Å²) in [7, 11) is 0. The Morgan fingerprint density at radius 3 is 2.77 bits per heavy atom. The molecule has 0 aliphatic carbocycles. The lowest BCUT2D eigenvalue weighted by Gasteiger charge is -2.04. The molecular formula is C13H11N7O2. The number of nitrogens with zero attached hydrogens (tertiary/aromatic N) is 7. The van der Waals surface area contributed by atoms with E-state index in [0.29, 0.717) is 23.8 Å². The SMILES string of the molecule is CCc1cc(-n2cnc([N+](=O)[O-])n2)nc(-c2ccccn2)n1. The van der Waals surface area contributed by atoms with Crippen LogP contribution in [-0.2, 0) is 6.42 Å². The molecule has 0 N–H and O–H groups in total. The Kier molecular flexibility index (Phi) is 3.52. The minimum Gasteiger partial charge on any atom is -0.390 e. The smallest absolute Gasteiger partial charge is 0.390 e. The zero-order valence-electron chi connectivity index (χ0n) is 11.6. The number of aromatic nitrogens is 6. The maximum Gasteiger partial charge on any atom is 0.491 e. The maximum absolute atomic E-state index is 10.7. The van der Waals surface area contributed by atoms with E-state index in [1.54, 1.807) is 24.4 Å². The fourth-order valence-electron chi connectivity index (χ4n) is 1.84. The molecule has 0 saturated carbocycles. The second-order valence-electron chi connectivity index (χ2n) is 4.36. The van der Waals surface area contributed by atoms with Gasteiger partial charge in [0.25, 0.3) is 0 Å². The fourth-order valence-corrected chi connectivity index (χ4v) is 1.84. The van der Waals surface area contributed by atoms with Crippen molar-refractivity contribution in [3.05, 3.63) is 52.6 Å². The molecule has 0 amide bonds. The van der Waals surface area contributed by atoms with Gasteiger partial charge in [-0.2, -0.15) is 0 Å². The molecule has 9 nitrogen and oxygen atoms in total. The molecule has 110 valence electrons. The van der Waals surface area contributed by atoms with Gasteiger partial charge < -0.3 is 10.1 Å². The van der Waals surface area contributed by atoms with Gasteiger partial charge in [-0.05, 0) is 23.5 Å². The van der Waals surface area contributed by atoms with Crippen LogP contribution in [0.3, 0.4) is 0 Å². The molecule has 0 saturated heterocycles. The molecule has 22 heavy (non-hydrogen) atoms. The summed E-state index contributed by atoms with van der Waals surface area (Å²) in [4.78, 5) is 26.6. The van der Waals surface area contributed by atoms with E-state index >= 15 is 0 Å². The largest absolute Gasteiger partial charge is 0.491 e. The van der Waals surface area contributed by atoms with Crippen LogP contribution < -0.4 is 0 Å². The van der Waals surface area contributed by atoms with Crippen molar-refractivity contribution in [2.24, 2.45) is 0 Å². The third-order valence-electron chi connectivity index (χ3n) is 2.90. The van der Waals surface area contributed by atoms with E-state index in [1.807, 2.05) is 13.0 Å². The van der Waals surface area contributed by atoms with Crippen molar-refractivity contribution >= 4 is 5.95 Å². The Hall–Kier alpha value is -3.23. The zero-order valence-corrected chi connectivity index (χ0v) is 11.6. The first-order chi connectivity index (χ1) is 10.7. The standard InChI is InChI=1S/C13H11N7O2/c1-2-9-7-11(19-8-15-13(18-19)20(21)22)17-12(16-9)10-5-3-4-6-14-10/h3-8H,2H2,1H3. The van der Waals surface area contributed by atoms with E-state index in [2.05, 4.69) is 25.0 Å². The zero-order chi connectivity index (χ0) is 15.5. The summed E-state index contributed by atoms with van der Waals surface area (Å²) < 4.78 is 1.26. The van der Waals surface area contributed by atoms with E-state index in [0.717, 1.165) is 5.69 Å². The second-order valence-corrected chi connectivity index (χ2v) is 4.36. The van der Waals surface area contributed by atoms with Gasteiger partial charge >= 0.3 is 5.95 Å². The molecule has 0 aliphatic heterocycles. The van der Waals surface area contributed by atoms with Crippen LogP contribution >= 0.6 is 0 Å². The molecule has 0 atom stereocenters. The molecule has 0 spiro atoms. The highest BCUT2D eigenvalue weighted by Crippen LogP contribution is 2.16. The number of hydrogen-bond acceptors (Lipinski definition) is 7. The summed E-state index contributed by atoms with van der Waals surface area (Å²) in [6.07, 6.45) is 3.59. The lowest BCUT2D eigenvalue weighted by atomic mass is 10.3. The molecule has 3 aromatic rings. The van der Waals surface area contributed by atoms with Crippen molar-refractivity contribution in [1.29, 1.82) is 0 Å². The summed E-state index contributed by atoms with van der Waals surface area (Å²) in [6, 6.07) is 7.15. The van der Waals surface area contributed by atoms with Gasteiger partial charge in [0.1, 0.15) is 5.69 Å². The molecule has 0 unspecified atom stereocenters. The minimum atomic E-state index is -0.655. The van der Waals surface area contributed by atoms with Gasteiger partial charge in [-0.3, -0.25) is 4.98 Å². The van der Waals surface area contributed by atoms with Crippen LogP contribution in [0.2, 0.25) is 0 Å². The average Bonchev–Trinajstić information content (AvgIpc) is 3.05. The highest BCUT2D eigenvalue weighted by molar-refractivity contribution is 5.50. The van der Waals surface area contributed by atoms with Gasteiger partial charge in [-0.1, -0.05) is 18.0 Å². The number of hydrogen-bond donors (Lipinski definition) is 0. The molecule has 0 fully saturated rings. The van der Waals surface area contributed by atoms with E-state index in [9.17, 15) is 10.1 Å². The van der Waals surface area contributed by atoms with Crippen molar-refractivity contribution in [2.75, 3.05) is 0 Å². The molecule has 0 aliphatic rings. The molecule has 0 bridgehead atoms. The van der Waals surface area contributed by atoms with Gasteiger partial charge in [-0.25, -0.2) is 9.97 Å². The third-order valence-corrected chi connectivity index (χ3v) is 2.90. The maximum atomic E-state index is 10.7. The first-order valence-electron chi connectivity index (χ1n) is 6.53. The summed E-state index contributed by atoms with van der Waals surface area (Å²) in [5.74, 6) is 0.372. The van der Waals surface area contributed by atoms with Crippen LogP contribution in [0, 0.1) is 10.1 Å². The number of rotatable bonds is 4. The van der Waals surface area contributed by atoms with Crippen molar-refractivity contribution in [2.45, 2.75) is 13.3 Å². The number of pyridine rings is 1. The van der Waals surface area contributed by atoms with Gasteiger partial charge in [0.15, 0.2) is 11.6 Å². The monoisotopic (exact) mass is 297 g/mol. The Morgan fingerprint density at radius 1 is 1.27 bits per heavy atom. The molecule has 9 heteroatoms. The van der Waals surface area contributed by atoms with Crippen molar-refractivity contribution in [3.8, 4) is 17.3 Å². The highest BCUT2D eigenvalue weighted by atomic mass is 16.6. The lowest BCUT2D eigenvalue weighted by Crippen LogP contribution is -2.05. The summed E-state index contributed by atoms with van der Waals surface area (Å²) >= 11 is 0. The quantitative estimate of drug-likeness (QED) is 0.530. The van der Waals surface area contributed by atoms with E-state index in [4.69, 9.17) is 0 Å². The molecule has 3 heterocycles. The third kappa shape index (κ3) is 2.64. The molecule has 0 aromatic carbocycles. The normalized spacial score (nSPS) is 10.6. The first-order valence-corrected chi connectivity index (χ1v) is 6.53. The van der Waals surface area contributed by atoms with E-state index < -0.39 is 10.9 Å². The topological polar surface area (TPSA) is 113 Å². The molecule has 3 aromatic heterocycles. The van der Waals surface area contributed by atoms with E-state index in [-0.39, 0.29) is 0 Å². The van der Waals surface area contributed by atoms with Gasteiger partial charge in [0, 0.05) is 23.1 Å². The summed E-state index contributed by atoms with van der Waals surface area (Å²) in [6.45, 7) is 1.96. The Labute approximate surface area is 124 Å². The van der Waals surface area contributed by atoms with Gasteiger partial charge in [-0.15, -0.1) is 4.68 Å². The van der Waals surface area contributed by atoms with Crippen LogP contribution in [0.15, 0.2) is 36.8 Å². The average molecular weight is 297 g/mol. The summed E-state index contributed by atoms with van der Waals surface area (Å²) in [5.41, 5.74) is 1.40. The van der Waals surface area contributed by atoms with Gasteiger partial charge in [0.2, 0.25) is 6.33 Å². The highest BCUT2D eigenvalue weighted by Gasteiger charge is 2.17. The Balaban J connectivity index is 2.09. The van der Waals surface area contributed by atoms with Crippen LogP contribution in [0.25, 0.3) is 17.3 Å². The van der Waals surface area contributed by atoms with Crippen molar-refractivity contribution < 1.29 is 4.92 Å². The number of aryl methyl sites for hydroxylation is 1. The summed E-state index contributed by atoms with van der Waals surface area (Å²) in [5, 5.41) is 14.5. The first kappa shape index (κ1) is 13.7. The van der Waals surface area contributed by atoms with Crippen LogP contribution in [0.5, 0.6) is 0 Å². The van der Waals surface area contributed by atoms with Gasteiger partial charge in [0.05, 0.1) is 0 Å². The fraction of sp³-hybridized carbons (Fsp3) is 0.154.